The fourth-order valence-electron chi connectivity index (χ4n) is 4.02. The Balaban J connectivity index is 1.29. The SMILES string of the molecule is COc1ccc(Oc2sc(-c3ccc4c(c3)N(C(=O)Nc3nc5ccccc5s3)CCO4)nc2OC(=O)O)cc1. The molecule has 0 fully saturated rings. The highest BCUT2D eigenvalue weighted by molar-refractivity contribution is 7.22. The van der Waals surface area contributed by atoms with E-state index in [1.165, 1.54) is 11.3 Å². The van der Waals surface area contributed by atoms with E-state index in [1.54, 1.807) is 54.5 Å². The number of anilines is 2. The maximum Gasteiger partial charge on any atom is 0.512 e. The molecular formula is C27H20N4O7S2. The Hall–Kier alpha value is -4.88. The molecule has 6 rings (SSSR count). The number of carboxylic acid groups (broad SMARTS) is 1. The molecule has 2 aromatic heterocycles. The van der Waals surface area contributed by atoms with Crippen LogP contribution in [0.2, 0.25) is 0 Å². The second kappa shape index (κ2) is 10.7. The number of para-hydroxylation sites is 1. The monoisotopic (exact) mass is 576 g/mol. The molecule has 2 amide bonds. The van der Waals surface area contributed by atoms with Crippen molar-refractivity contribution in [2.45, 2.75) is 0 Å². The first kappa shape index (κ1) is 25.4. The number of carbonyl (C=O) groups is 2. The molecule has 3 aromatic carbocycles. The minimum atomic E-state index is -1.52. The predicted molar refractivity (Wildman–Crippen MR) is 151 cm³/mol. The Morgan fingerprint density at radius 3 is 2.60 bits per heavy atom. The van der Waals surface area contributed by atoms with Gasteiger partial charge in [-0.1, -0.05) is 34.8 Å². The fourth-order valence-corrected chi connectivity index (χ4v) is 5.74. The zero-order chi connectivity index (χ0) is 27.6. The quantitative estimate of drug-likeness (QED) is 0.212. The van der Waals surface area contributed by atoms with Crippen LogP contribution in [0.25, 0.3) is 20.8 Å². The van der Waals surface area contributed by atoms with E-state index in [4.69, 9.17) is 18.9 Å². The van der Waals surface area contributed by atoms with E-state index >= 15 is 0 Å². The Kier molecular flexibility index (Phi) is 6.80. The molecule has 2 N–H and O–H groups in total. The van der Waals surface area contributed by atoms with Gasteiger partial charge in [-0.25, -0.2) is 14.6 Å². The van der Waals surface area contributed by atoms with Gasteiger partial charge in [-0.15, -0.1) is 0 Å². The third kappa shape index (κ3) is 5.19. The van der Waals surface area contributed by atoms with Crippen LogP contribution in [0.4, 0.5) is 20.4 Å². The van der Waals surface area contributed by atoms with Crippen LogP contribution in [0.1, 0.15) is 0 Å². The Morgan fingerprint density at radius 1 is 1.02 bits per heavy atom. The van der Waals surface area contributed by atoms with Crippen molar-refractivity contribution < 1.29 is 33.6 Å². The van der Waals surface area contributed by atoms with Crippen LogP contribution < -0.4 is 29.2 Å². The predicted octanol–water partition coefficient (Wildman–Crippen LogP) is 6.71. The molecule has 0 aliphatic carbocycles. The van der Waals surface area contributed by atoms with Crippen molar-refractivity contribution in [1.82, 2.24) is 9.97 Å². The minimum Gasteiger partial charge on any atom is -0.497 e. The van der Waals surface area contributed by atoms with Crippen molar-refractivity contribution in [1.29, 1.82) is 0 Å². The summed E-state index contributed by atoms with van der Waals surface area (Å²) in [6.07, 6.45) is -1.52. The van der Waals surface area contributed by atoms with E-state index in [0.717, 1.165) is 21.6 Å². The van der Waals surface area contributed by atoms with Gasteiger partial charge in [0.1, 0.15) is 28.9 Å². The molecule has 0 saturated carbocycles. The third-order valence-corrected chi connectivity index (χ3v) is 7.76. The lowest BCUT2D eigenvalue weighted by Gasteiger charge is -2.29. The largest absolute Gasteiger partial charge is 0.512 e. The Labute approximate surface area is 235 Å². The summed E-state index contributed by atoms with van der Waals surface area (Å²) in [5.74, 6) is 1.43. The van der Waals surface area contributed by atoms with E-state index in [2.05, 4.69) is 15.3 Å². The van der Waals surface area contributed by atoms with Gasteiger partial charge in [0.15, 0.2) is 5.13 Å². The first-order valence-corrected chi connectivity index (χ1v) is 13.5. The number of aromatic nitrogens is 2. The van der Waals surface area contributed by atoms with Crippen molar-refractivity contribution >= 4 is 55.9 Å². The van der Waals surface area contributed by atoms with E-state index in [1.807, 2.05) is 24.3 Å². The average molecular weight is 577 g/mol. The van der Waals surface area contributed by atoms with Gasteiger partial charge in [0, 0.05) is 5.56 Å². The molecule has 0 spiro atoms. The standard InChI is InChI=1S/C27H20N4O7S2/c1-35-16-7-9-17(10-8-16)37-24-22(38-27(33)34)29-23(40-24)15-6-11-20-19(14-15)31(12-13-36-20)26(32)30-25-28-18-4-2-3-5-21(18)39-25/h2-11,14H,12-13H2,1H3,(H,33,34)(H,28,30,32). The molecule has 1 aliphatic rings. The lowest BCUT2D eigenvalue weighted by Crippen LogP contribution is -2.40. The summed E-state index contributed by atoms with van der Waals surface area (Å²) in [7, 11) is 1.56. The molecule has 202 valence electrons. The zero-order valence-corrected chi connectivity index (χ0v) is 22.5. The van der Waals surface area contributed by atoms with Crippen molar-refractivity contribution in [2.75, 3.05) is 30.5 Å². The Morgan fingerprint density at radius 2 is 1.82 bits per heavy atom. The number of nitrogens with one attached hydrogen (secondary N) is 1. The second-order valence-electron chi connectivity index (χ2n) is 8.36. The number of urea groups is 1. The number of ether oxygens (including phenoxy) is 4. The van der Waals surface area contributed by atoms with Gasteiger partial charge in [0.05, 0.1) is 29.6 Å². The van der Waals surface area contributed by atoms with Gasteiger partial charge in [-0.2, -0.15) is 4.98 Å². The van der Waals surface area contributed by atoms with Crippen molar-refractivity contribution in [2.24, 2.45) is 0 Å². The molecule has 40 heavy (non-hydrogen) atoms. The van der Waals surface area contributed by atoms with Crippen LogP contribution in [0.3, 0.4) is 0 Å². The number of benzene rings is 3. The van der Waals surface area contributed by atoms with Gasteiger partial charge in [-0.3, -0.25) is 10.2 Å². The molecule has 0 bridgehead atoms. The van der Waals surface area contributed by atoms with Crippen LogP contribution in [-0.4, -0.2) is 47.5 Å². The second-order valence-corrected chi connectivity index (χ2v) is 10.3. The summed E-state index contributed by atoms with van der Waals surface area (Å²) in [5, 5.41) is 13.2. The van der Waals surface area contributed by atoms with E-state index < -0.39 is 6.16 Å². The third-order valence-electron chi connectivity index (χ3n) is 5.84. The number of thiazole rings is 2. The highest BCUT2D eigenvalue weighted by atomic mass is 32.1. The van der Waals surface area contributed by atoms with Gasteiger partial charge >= 0.3 is 12.2 Å². The summed E-state index contributed by atoms with van der Waals surface area (Å²) < 4.78 is 22.7. The molecule has 0 saturated heterocycles. The molecule has 3 heterocycles. The summed E-state index contributed by atoms with van der Waals surface area (Å²) in [6, 6.07) is 19.4. The summed E-state index contributed by atoms with van der Waals surface area (Å²) in [4.78, 5) is 35.0. The lowest BCUT2D eigenvalue weighted by atomic mass is 10.1. The number of fused-ring (bicyclic) bond motifs is 2. The van der Waals surface area contributed by atoms with Gasteiger partial charge in [0.25, 0.3) is 5.88 Å². The van der Waals surface area contributed by atoms with E-state index in [-0.39, 0.29) is 17.0 Å². The molecule has 0 atom stereocenters. The van der Waals surface area contributed by atoms with Crippen molar-refractivity contribution in [3.63, 3.8) is 0 Å². The maximum absolute atomic E-state index is 13.3. The summed E-state index contributed by atoms with van der Waals surface area (Å²) in [6.45, 7) is 0.650. The maximum atomic E-state index is 13.3. The van der Waals surface area contributed by atoms with Crippen LogP contribution in [0, 0.1) is 0 Å². The summed E-state index contributed by atoms with van der Waals surface area (Å²) in [5.41, 5.74) is 1.96. The number of methoxy groups -OCH3 is 1. The fraction of sp³-hybridized carbons (Fsp3) is 0.111. The van der Waals surface area contributed by atoms with Gasteiger partial charge in [0.2, 0.25) is 5.06 Å². The highest BCUT2D eigenvalue weighted by Crippen LogP contribution is 2.44. The topological polar surface area (TPSA) is 132 Å². The Bertz CT molecular complexity index is 1680. The van der Waals surface area contributed by atoms with Crippen molar-refractivity contribution in [3.05, 3.63) is 66.7 Å². The van der Waals surface area contributed by atoms with Crippen LogP contribution in [0.5, 0.6) is 28.2 Å². The molecule has 0 radical (unpaired) electrons. The molecule has 13 heteroatoms. The van der Waals surface area contributed by atoms with E-state index in [9.17, 15) is 14.7 Å². The van der Waals surface area contributed by atoms with Crippen molar-refractivity contribution in [3.8, 4) is 38.8 Å². The minimum absolute atomic E-state index is 0.155. The number of hydrogen-bond donors (Lipinski definition) is 2. The molecule has 1 aliphatic heterocycles. The molecule has 0 unspecified atom stereocenters. The average Bonchev–Trinajstić information content (AvgIpc) is 3.55. The number of carbonyl (C=O) groups excluding carboxylic acids is 1. The first-order valence-electron chi connectivity index (χ1n) is 11.9. The van der Waals surface area contributed by atoms with Crippen LogP contribution >= 0.6 is 22.7 Å². The first-order chi connectivity index (χ1) is 19.5. The molecular weight excluding hydrogens is 556 g/mol. The number of rotatable bonds is 6. The number of hydrogen-bond acceptors (Lipinski definition) is 10. The molecule has 5 aromatic rings. The van der Waals surface area contributed by atoms with Gasteiger partial charge < -0.3 is 24.1 Å². The van der Waals surface area contributed by atoms with E-state index in [0.29, 0.717) is 51.8 Å². The number of amides is 2. The normalized spacial score (nSPS) is 12.4. The zero-order valence-electron chi connectivity index (χ0n) is 20.8. The molecule has 11 nitrogen and oxygen atoms in total. The summed E-state index contributed by atoms with van der Waals surface area (Å²) >= 11 is 2.49. The highest BCUT2D eigenvalue weighted by Gasteiger charge is 2.27. The smallest absolute Gasteiger partial charge is 0.497 e. The van der Waals surface area contributed by atoms with Crippen LogP contribution in [0.15, 0.2) is 66.7 Å². The lowest BCUT2D eigenvalue weighted by molar-refractivity contribution is 0.141. The van der Waals surface area contributed by atoms with Crippen LogP contribution in [-0.2, 0) is 0 Å². The van der Waals surface area contributed by atoms with Gasteiger partial charge in [-0.05, 0) is 54.6 Å². The number of nitrogens with zero attached hydrogens (tertiary/aromatic N) is 3.